The van der Waals surface area contributed by atoms with Crippen molar-refractivity contribution in [2.75, 3.05) is 0 Å². The third-order valence-electron chi connectivity index (χ3n) is 3.62. The quantitative estimate of drug-likeness (QED) is 0.743. The zero-order chi connectivity index (χ0) is 17.5. The molecule has 3 rings (SSSR count). The lowest BCUT2D eigenvalue weighted by atomic mass is 9.99. The maximum absolute atomic E-state index is 12.6. The van der Waals surface area contributed by atoms with Gasteiger partial charge in [0.05, 0.1) is 16.3 Å². The molecule has 1 unspecified atom stereocenters. The van der Waals surface area contributed by atoms with Crippen molar-refractivity contribution in [2.24, 2.45) is 5.16 Å². The fraction of sp³-hybridized carbons (Fsp3) is 0.188. The molecule has 1 atom stereocenters. The summed E-state index contributed by atoms with van der Waals surface area (Å²) in [7, 11) is 0. The van der Waals surface area contributed by atoms with E-state index in [4.69, 9.17) is 28.0 Å². The van der Waals surface area contributed by atoms with Crippen LogP contribution in [0, 0.1) is 0 Å². The summed E-state index contributed by atoms with van der Waals surface area (Å²) < 4.78 is 37.8. The van der Waals surface area contributed by atoms with Gasteiger partial charge in [0.15, 0.2) is 6.10 Å². The summed E-state index contributed by atoms with van der Waals surface area (Å²) in [5.41, 5.74) is 0.572. The second-order valence-corrected chi connectivity index (χ2v) is 6.08. The zero-order valence-corrected chi connectivity index (χ0v) is 13.5. The van der Waals surface area contributed by atoms with Gasteiger partial charge < -0.3 is 9.94 Å². The molecule has 3 nitrogen and oxygen atoms in total. The molecule has 0 radical (unpaired) electrons. The van der Waals surface area contributed by atoms with E-state index in [0.29, 0.717) is 21.9 Å². The smallest absolute Gasteiger partial charge is 0.416 e. The highest BCUT2D eigenvalue weighted by Crippen LogP contribution is 2.37. The van der Waals surface area contributed by atoms with Gasteiger partial charge in [0.1, 0.15) is 5.75 Å². The topological polar surface area (TPSA) is 41.8 Å². The number of rotatable bonds is 2. The Morgan fingerprint density at radius 1 is 1.12 bits per heavy atom. The number of oxime groups is 1. The molecule has 2 aromatic rings. The Hall–Kier alpha value is -1.92. The first-order valence-electron chi connectivity index (χ1n) is 6.84. The molecule has 0 saturated carbocycles. The first-order chi connectivity index (χ1) is 11.3. The van der Waals surface area contributed by atoms with Crippen LogP contribution in [0.5, 0.6) is 5.75 Å². The number of hydrogen-bond donors (Lipinski definition) is 1. The van der Waals surface area contributed by atoms with Crippen LogP contribution >= 0.6 is 23.2 Å². The van der Waals surface area contributed by atoms with Crippen molar-refractivity contribution in [3.8, 4) is 5.75 Å². The number of phenols is 1. The van der Waals surface area contributed by atoms with E-state index < -0.39 is 17.8 Å². The van der Waals surface area contributed by atoms with E-state index >= 15 is 0 Å². The Morgan fingerprint density at radius 2 is 1.79 bits per heavy atom. The lowest BCUT2D eigenvalue weighted by molar-refractivity contribution is -0.137. The number of alkyl halides is 3. The van der Waals surface area contributed by atoms with Crippen molar-refractivity contribution in [2.45, 2.75) is 18.7 Å². The Kier molecular flexibility index (Phi) is 4.36. The Bertz CT molecular complexity index is 804. The third kappa shape index (κ3) is 3.30. The van der Waals surface area contributed by atoms with Gasteiger partial charge >= 0.3 is 6.18 Å². The maximum atomic E-state index is 12.6. The molecule has 2 aromatic carbocycles. The Labute approximate surface area is 145 Å². The van der Waals surface area contributed by atoms with Gasteiger partial charge in [-0.25, -0.2) is 0 Å². The SMILES string of the molecule is Oc1c(Cl)cc(Cl)cc1C1=NOC(c2ccc(C(F)(F)F)cc2)C1. The van der Waals surface area contributed by atoms with Crippen LogP contribution in [-0.4, -0.2) is 10.8 Å². The predicted molar refractivity (Wildman–Crippen MR) is 84.6 cm³/mol. The summed E-state index contributed by atoms with van der Waals surface area (Å²) in [6.45, 7) is 0. The van der Waals surface area contributed by atoms with Gasteiger partial charge in [0.2, 0.25) is 0 Å². The molecule has 0 bridgehead atoms. The lowest BCUT2D eigenvalue weighted by Gasteiger charge is -2.11. The van der Waals surface area contributed by atoms with Crippen LogP contribution in [-0.2, 0) is 11.0 Å². The average molecular weight is 376 g/mol. The summed E-state index contributed by atoms with van der Waals surface area (Å²) in [5.74, 6) is -0.170. The van der Waals surface area contributed by atoms with Gasteiger partial charge in [-0.05, 0) is 29.8 Å². The Morgan fingerprint density at radius 3 is 2.42 bits per heavy atom. The first kappa shape index (κ1) is 16.9. The molecule has 0 aliphatic carbocycles. The molecule has 0 amide bonds. The molecule has 1 heterocycles. The van der Waals surface area contributed by atoms with E-state index in [2.05, 4.69) is 5.16 Å². The normalized spacial score (nSPS) is 17.5. The molecule has 8 heteroatoms. The van der Waals surface area contributed by atoms with Crippen LogP contribution in [0.15, 0.2) is 41.6 Å². The minimum absolute atomic E-state index is 0.0816. The van der Waals surface area contributed by atoms with Gasteiger partial charge in [0.25, 0.3) is 0 Å². The molecule has 0 saturated heterocycles. The van der Waals surface area contributed by atoms with Gasteiger partial charge in [0, 0.05) is 17.0 Å². The van der Waals surface area contributed by atoms with Crippen LogP contribution in [0.3, 0.4) is 0 Å². The summed E-state index contributed by atoms with van der Waals surface area (Å²) in [6.07, 6.45) is -4.66. The molecule has 1 aliphatic heterocycles. The maximum Gasteiger partial charge on any atom is 0.416 e. The molecular weight excluding hydrogens is 366 g/mol. The predicted octanol–water partition coefficient (Wildman–Crippen LogP) is 5.58. The lowest BCUT2D eigenvalue weighted by Crippen LogP contribution is -2.06. The van der Waals surface area contributed by atoms with Crippen molar-refractivity contribution < 1.29 is 23.1 Å². The van der Waals surface area contributed by atoms with Crippen LogP contribution in [0.4, 0.5) is 13.2 Å². The Balaban J connectivity index is 1.80. The van der Waals surface area contributed by atoms with Crippen molar-refractivity contribution in [3.05, 3.63) is 63.1 Å². The van der Waals surface area contributed by atoms with Gasteiger partial charge in [-0.2, -0.15) is 13.2 Å². The van der Waals surface area contributed by atoms with Gasteiger partial charge in [-0.3, -0.25) is 0 Å². The van der Waals surface area contributed by atoms with Crippen molar-refractivity contribution in [3.63, 3.8) is 0 Å². The molecule has 0 spiro atoms. The molecule has 24 heavy (non-hydrogen) atoms. The van der Waals surface area contributed by atoms with E-state index in [1.54, 1.807) is 0 Å². The van der Waals surface area contributed by atoms with Crippen molar-refractivity contribution in [1.29, 1.82) is 0 Å². The largest absolute Gasteiger partial charge is 0.506 e. The van der Waals surface area contributed by atoms with Crippen LogP contribution in [0.1, 0.15) is 29.2 Å². The zero-order valence-electron chi connectivity index (χ0n) is 11.9. The molecule has 126 valence electrons. The number of aromatic hydroxyl groups is 1. The van der Waals surface area contributed by atoms with E-state index in [1.807, 2.05) is 0 Å². The van der Waals surface area contributed by atoms with Crippen LogP contribution < -0.4 is 0 Å². The van der Waals surface area contributed by atoms with Gasteiger partial charge in [-0.15, -0.1) is 0 Å². The van der Waals surface area contributed by atoms with E-state index in [1.165, 1.54) is 24.3 Å². The highest BCUT2D eigenvalue weighted by atomic mass is 35.5. The van der Waals surface area contributed by atoms with E-state index in [-0.39, 0.29) is 17.2 Å². The summed E-state index contributed by atoms with van der Waals surface area (Å²) in [5, 5.41) is 14.3. The van der Waals surface area contributed by atoms with E-state index in [0.717, 1.165) is 12.1 Å². The number of hydrogen-bond acceptors (Lipinski definition) is 3. The molecule has 1 aliphatic rings. The van der Waals surface area contributed by atoms with E-state index in [9.17, 15) is 18.3 Å². The monoisotopic (exact) mass is 375 g/mol. The molecule has 1 N–H and O–H groups in total. The third-order valence-corrected chi connectivity index (χ3v) is 4.12. The van der Waals surface area contributed by atoms with Crippen molar-refractivity contribution >= 4 is 28.9 Å². The fourth-order valence-electron chi connectivity index (χ4n) is 2.39. The number of benzene rings is 2. The molecule has 0 aromatic heterocycles. The standard InChI is InChI=1S/C16H10Cl2F3NO2/c17-10-5-11(15(23)12(18)6-10)13-7-14(24-22-13)8-1-3-9(4-2-8)16(19,20)21/h1-6,14,23H,7H2. The average Bonchev–Trinajstić information content (AvgIpc) is 3.00. The minimum Gasteiger partial charge on any atom is -0.506 e. The van der Waals surface area contributed by atoms with Crippen LogP contribution in [0.2, 0.25) is 10.0 Å². The highest BCUT2D eigenvalue weighted by Gasteiger charge is 2.31. The van der Waals surface area contributed by atoms with Gasteiger partial charge in [-0.1, -0.05) is 40.5 Å². The molecule has 0 fully saturated rings. The minimum atomic E-state index is -4.39. The van der Waals surface area contributed by atoms with Crippen LogP contribution in [0.25, 0.3) is 0 Å². The number of nitrogens with zero attached hydrogens (tertiary/aromatic N) is 1. The fourth-order valence-corrected chi connectivity index (χ4v) is 2.88. The summed E-state index contributed by atoms with van der Waals surface area (Å²) in [6, 6.07) is 7.56. The second kappa shape index (κ2) is 6.18. The van der Waals surface area contributed by atoms with Crippen molar-refractivity contribution in [1.82, 2.24) is 0 Å². The first-order valence-corrected chi connectivity index (χ1v) is 7.59. The summed E-state index contributed by atoms with van der Waals surface area (Å²) in [4.78, 5) is 5.28. The number of phenolic OH excluding ortho intramolecular Hbond substituents is 1. The highest BCUT2D eigenvalue weighted by molar-refractivity contribution is 6.36. The second-order valence-electron chi connectivity index (χ2n) is 5.24. The summed E-state index contributed by atoms with van der Waals surface area (Å²) >= 11 is 11.8. The molecular formula is C16H10Cl2F3NO2. The number of halogens is 5.